The molecule has 1 rings (SSSR count). The van der Waals surface area contributed by atoms with Crippen molar-refractivity contribution in [2.75, 3.05) is 6.61 Å². The first-order valence-electron chi connectivity index (χ1n) is 6.08. The monoisotopic (exact) mass is 248 g/mol. The summed E-state index contributed by atoms with van der Waals surface area (Å²) in [7, 11) is 0. The third kappa shape index (κ3) is 4.34. The first-order valence-corrected chi connectivity index (χ1v) is 6.08. The van der Waals surface area contributed by atoms with Crippen molar-refractivity contribution in [3.05, 3.63) is 47.5 Å². The van der Waals surface area contributed by atoms with Crippen molar-refractivity contribution in [1.29, 1.82) is 0 Å². The Balaban J connectivity index is 2.64. The fraction of sp³-hybridized carbons (Fsp3) is 0.400. The fourth-order valence-corrected chi connectivity index (χ4v) is 1.61. The van der Waals surface area contributed by atoms with E-state index in [0.29, 0.717) is 13.0 Å². The first kappa shape index (κ1) is 14.5. The number of benzene rings is 1. The largest absolute Gasteiger partial charge is 0.463 e. The van der Waals surface area contributed by atoms with Gasteiger partial charge in [-0.15, -0.1) is 0 Å². The van der Waals surface area contributed by atoms with E-state index in [-0.39, 0.29) is 5.97 Å². The Hall–Kier alpha value is -1.61. The van der Waals surface area contributed by atoms with E-state index in [4.69, 9.17) is 4.74 Å². The second-order valence-corrected chi connectivity index (χ2v) is 4.50. The van der Waals surface area contributed by atoms with Crippen molar-refractivity contribution in [3.8, 4) is 0 Å². The Labute approximate surface area is 108 Å². The van der Waals surface area contributed by atoms with Crippen molar-refractivity contribution in [2.45, 2.75) is 32.8 Å². The minimum atomic E-state index is -0.976. The second kappa shape index (κ2) is 6.36. The summed E-state index contributed by atoms with van der Waals surface area (Å²) < 4.78 is 4.77. The molecule has 98 valence electrons. The van der Waals surface area contributed by atoms with Crippen LogP contribution in [0.5, 0.6) is 0 Å². The van der Waals surface area contributed by atoms with Crippen molar-refractivity contribution in [2.24, 2.45) is 0 Å². The molecule has 1 atom stereocenters. The van der Waals surface area contributed by atoms with Gasteiger partial charge in [-0.1, -0.05) is 35.9 Å². The van der Waals surface area contributed by atoms with Crippen LogP contribution in [0.3, 0.4) is 0 Å². The Bertz CT molecular complexity index is 416. The summed E-state index contributed by atoms with van der Waals surface area (Å²) >= 11 is 0. The van der Waals surface area contributed by atoms with Gasteiger partial charge in [0.2, 0.25) is 0 Å². The van der Waals surface area contributed by atoms with Crippen molar-refractivity contribution in [1.82, 2.24) is 0 Å². The van der Waals surface area contributed by atoms with Crippen LogP contribution in [-0.4, -0.2) is 17.7 Å². The van der Waals surface area contributed by atoms with Crippen LogP contribution >= 0.6 is 0 Å². The van der Waals surface area contributed by atoms with Gasteiger partial charge in [0.15, 0.2) is 0 Å². The first-order chi connectivity index (χ1) is 8.45. The summed E-state index contributed by atoms with van der Waals surface area (Å²) in [6, 6.07) is 7.71. The Kier molecular flexibility index (Phi) is 5.10. The number of hydrogen-bond donors (Lipinski definition) is 1. The molecule has 0 aliphatic carbocycles. The SMILES string of the molecule is CCOC(=O)/C=C/C[C@@](C)(O)c1ccc(C)cc1. The Morgan fingerprint density at radius 1 is 1.39 bits per heavy atom. The molecule has 3 nitrogen and oxygen atoms in total. The molecule has 18 heavy (non-hydrogen) atoms. The molecule has 0 fully saturated rings. The topological polar surface area (TPSA) is 46.5 Å². The molecule has 0 spiro atoms. The standard InChI is InChI=1S/C15H20O3/c1-4-18-14(16)6-5-11-15(3,17)13-9-7-12(2)8-10-13/h5-10,17H,4,11H2,1-3H3/b6-5+/t15-/m1/s1. The van der Waals surface area contributed by atoms with E-state index in [2.05, 4.69) is 0 Å². The van der Waals surface area contributed by atoms with E-state index in [9.17, 15) is 9.90 Å². The van der Waals surface area contributed by atoms with Crippen LogP contribution in [0.1, 0.15) is 31.4 Å². The summed E-state index contributed by atoms with van der Waals surface area (Å²) in [5.74, 6) is -0.378. The lowest BCUT2D eigenvalue weighted by molar-refractivity contribution is -0.137. The molecule has 0 aliphatic heterocycles. The quantitative estimate of drug-likeness (QED) is 0.643. The number of ether oxygens (including phenoxy) is 1. The zero-order valence-electron chi connectivity index (χ0n) is 11.1. The van der Waals surface area contributed by atoms with Gasteiger partial charge < -0.3 is 9.84 Å². The molecular formula is C15H20O3. The maximum Gasteiger partial charge on any atom is 0.330 e. The summed E-state index contributed by atoms with van der Waals surface area (Å²) in [6.45, 7) is 5.85. The van der Waals surface area contributed by atoms with Gasteiger partial charge >= 0.3 is 5.97 Å². The van der Waals surface area contributed by atoms with E-state index in [0.717, 1.165) is 11.1 Å². The van der Waals surface area contributed by atoms with Crippen LogP contribution in [0.15, 0.2) is 36.4 Å². The Morgan fingerprint density at radius 3 is 2.56 bits per heavy atom. The third-order valence-electron chi connectivity index (χ3n) is 2.73. The number of esters is 1. The fourth-order valence-electron chi connectivity index (χ4n) is 1.61. The van der Waals surface area contributed by atoms with Gasteiger partial charge in [-0.2, -0.15) is 0 Å². The Morgan fingerprint density at radius 2 is 2.00 bits per heavy atom. The molecule has 0 radical (unpaired) electrons. The van der Waals surface area contributed by atoms with Gasteiger partial charge in [0.05, 0.1) is 12.2 Å². The molecule has 1 N–H and O–H groups in total. The molecule has 0 unspecified atom stereocenters. The van der Waals surface area contributed by atoms with Crippen molar-refractivity contribution >= 4 is 5.97 Å². The van der Waals surface area contributed by atoms with E-state index >= 15 is 0 Å². The normalized spacial score (nSPS) is 14.4. The molecule has 0 aliphatic rings. The molecule has 0 heterocycles. The van der Waals surface area contributed by atoms with Crippen molar-refractivity contribution in [3.63, 3.8) is 0 Å². The molecular weight excluding hydrogens is 228 g/mol. The molecule has 0 amide bonds. The molecule has 0 aromatic heterocycles. The summed E-state index contributed by atoms with van der Waals surface area (Å²) in [5, 5.41) is 10.3. The molecule has 1 aromatic rings. The van der Waals surface area contributed by atoms with Crippen LogP contribution in [0.4, 0.5) is 0 Å². The number of aliphatic hydroxyl groups is 1. The van der Waals surface area contributed by atoms with E-state index in [1.54, 1.807) is 19.9 Å². The molecule has 0 bridgehead atoms. The van der Waals surface area contributed by atoms with Gasteiger partial charge in [0.25, 0.3) is 0 Å². The maximum atomic E-state index is 11.1. The number of rotatable bonds is 5. The van der Waals surface area contributed by atoms with E-state index < -0.39 is 5.60 Å². The lowest BCUT2D eigenvalue weighted by atomic mass is 9.92. The zero-order valence-corrected chi connectivity index (χ0v) is 11.1. The van der Waals surface area contributed by atoms with E-state index in [1.807, 2.05) is 31.2 Å². The minimum absolute atomic E-state index is 0.359. The summed E-state index contributed by atoms with van der Waals surface area (Å²) in [5.41, 5.74) is 1.01. The highest BCUT2D eigenvalue weighted by atomic mass is 16.5. The summed E-state index contributed by atoms with van der Waals surface area (Å²) in [4.78, 5) is 11.1. The van der Waals surface area contributed by atoms with Crippen molar-refractivity contribution < 1.29 is 14.6 Å². The van der Waals surface area contributed by atoms with Gasteiger partial charge in [0.1, 0.15) is 0 Å². The average molecular weight is 248 g/mol. The van der Waals surface area contributed by atoms with Crippen LogP contribution in [0.2, 0.25) is 0 Å². The molecule has 0 saturated carbocycles. The van der Waals surface area contributed by atoms with Crippen LogP contribution < -0.4 is 0 Å². The smallest absolute Gasteiger partial charge is 0.330 e. The zero-order chi connectivity index (χ0) is 13.6. The average Bonchev–Trinajstić information content (AvgIpc) is 2.29. The number of carbonyl (C=O) groups excluding carboxylic acids is 1. The number of carbonyl (C=O) groups is 1. The lowest BCUT2D eigenvalue weighted by Crippen LogP contribution is -2.20. The molecule has 0 saturated heterocycles. The van der Waals surface area contributed by atoms with Gasteiger partial charge in [-0.25, -0.2) is 4.79 Å². The second-order valence-electron chi connectivity index (χ2n) is 4.50. The third-order valence-corrected chi connectivity index (χ3v) is 2.73. The number of hydrogen-bond acceptors (Lipinski definition) is 3. The highest BCUT2D eigenvalue weighted by molar-refractivity contribution is 5.81. The van der Waals surface area contributed by atoms with E-state index in [1.165, 1.54) is 6.08 Å². The van der Waals surface area contributed by atoms with Crippen LogP contribution in [-0.2, 0) is 15.1 Å². The maximum absolute atomic E-state index is 11.1. The van der Waals surface area contributed by atoms with Crippen LogP contribution in [0, 0.1) is 6.92 Å². The minimum Gasteiger partial charge on any atom is -0.463 e. The predicted molar refractivity (Wildman–Crippen MR) is 71.1 cm³/mol. The van der Waals surface area contributed by atoms with Gasteiger partial charge in [0, 0.05) is 6.08 Å². The highest BCUT2D eigenvalue weighted by Gasteiger charge is 2.21. The highest BCUT2D eigenvalue weighted by Crippen LogP contribution is 2.25. The van der Waals surface area contributed by atoms with Crippen LogP contribution in [0.25, 0.3) is 0 Å². The van der Waals surface area contributed by atoms with Gasteiger partial charge in [-0.3, -0.25) is 0 Å². The molecule has 3 heteroatoms. The molecule has 1 aromatic carbocycles. The number of aryl methyl sites for hydroxylation is 1. The summed E-state index contributed by atoms with van der Waals surface area (Å²) in [6.07, 6.45) is 3.36. The lowest BCUT2D eigenvalue weighted by Gasteiger charge is -2.22. The predicted octanol–water partition coefficient (Wildman–Crippen LogP) is 2.71. The van der Waals surface area contributed by atoms with Gasteiger partial charge in [-0.05, 0) is 32.8 Å².